The molecule has 0 bridgehead atoms. The van der Waals surface area contributed by atoms with Crippen molar-refractivity contribution < 1.29 is 18.8 Å². The van der Waals surface area contributed by atoms with Gasteiger partial charge in [0.25, 0.3) is 0 Å². The van der Waals surface area contributed by atoms with Gasteiger partial charge in [-0.2, -0.15) is 0 Å². The molecule has 0 aliphatic carbocycles. The van der Waals surface area contributed by atoms with Crippen LogP contribution < -0.4 is 0 Å². The van der Waals surface area contributed by atoms with Crippen molar-refractivity contribution in [2.45, 2.75) is 77.4 Å². The molecule has 1 heterocycles. The van der Waals surface area contributed by atoms with E-state index in [0.717, 1.165) is 12.8 Å². The maximum absolute atomic E-state index is 11.5. The summed E-state index contributed by atoms with van der Waals surface area (Å²) in [5.41, 5.74) is -0.583. The van der Waals surface area contributed by atoms with Gasteiger partial charge in [0.1, 0.15) is 0 Å². The van der Waals surface area contributed by atoms with Crippen molar-refractivity contribution in [1.29, 1.82) is 0 Å². The summed E-state index contributed by atoms with van der Waals surface area (Å²) in [5, 5.41) is 1.76. The highest BCUT2D eigenvalue weighted by molar-refractivity contribution is 6.69. The lowest BCUT2D eigenvalue weighted by Gasteiger charge is -2.53. The van der Waals surface area contributed by atoms with Gasteiger partial charge in [-0.25, -0.2) is 4.79 Å². The number of hydrogen-bond donors (Lipinski definition) is 0. The number of hydrogen-bond acceptors (Lipinski definition) is 5. The van der Waals surface area contributed by atoms with Crippen LogP contribution in [0.3, 0.4) is 0 Å². The molecule has 0 aromatic heterocycles. The molecule has 6 heteroatoms. The summed E-state index contributed by atoms with van der Waals surface area (Å²) in [7, 11) is -0.259. The number of ether oxygens (including phenoxy) is 1. The minimum absolute atomic E-state index is 0.198. The van der Waals surface area contributed by atoms with E-state index in [1.54, 1.807) is 5.06 Å². The van der Waals surface area contributed by atoms with Gasteiger partial charge in [-0.05, 0) is 60.2 Å². The molecule has 1 aliphatic rings. The largest absolute Gasteiger partial charge is 0.527 e. The van der Waals surface area contributed by atoms with E-state index < -0.39 is 14.5 Å². The smallest absolute Gasteiger partial charge is 0.436 e. The van der Waals surface area contributed by atoms with Crippen LogP contribution in [0.5, 0.6) is 0 Å². The van der Waals surface area contributed by atoms with E-state index in [9.17, 15) is 4.79 Å². The Morgan fingerprint density at radius 1 is 1.10 bits per heavy atom. The van der Waals surface area contributed by atoms with Crippen LogP contribution in [0.4, 0.5) is 4.79 Å². The Morgan fingerprint density at radius 3 is 1.90 bits per heavy atom. The molecule has 0 N–H and O–H groups in total. The van der Waals surface area contributed by atoms with Crippen LogP contribution in [0.2, 0.25) is 19.6 Å². The first-order valence-corrected chi connectivity index (χ1v) is 10.5. The van der Waals surface area contributed by atoms with E-state index in [4.69, 9.17) is 9.26 Å². The van der Waals surface area contributed by atoms with Crippen molar-refractivity contribution in [2.75, 3.05) is 7.11 Å². The second kappa shape index (κ2) is 5.65. The fourth-order valence-corrected chi connectivity index (χ4v) is 4.28. The van der Waals surface area contributed by atoms with Crippen LogP contribution in [-0.2, 0) is 14.0 Å². The highest BCUT2D eigenvalue weighted by atomic mass is 28.4. The van der Waals surface area contributed by atoms with Gasteiger partial charge in [0.15, 0.2) is 8.32 Å². The zero-order chi connectivity index (χ0) is 15.8. The van der Waals surface area contributed by atoms with Crippen LogP contribution in [0.25, 0.3) is 0 Å². The lowest BCUT2D eigenvalue weighted by atomic mass is 9.80. The molecule has 0 atom stereocenters. The number of piperidine rings is 1. The van der Waals surface area contributed by atoms with Gasteiger partial charge in [0, 0.05) is 6.10 Å². The average molecular weight is 303 g/mol. The van der Waals surface area contributed by atoms with Gasteiger partial charge >= 0.3 is 6.16 Å². The van der Waals surface area contributed by atoms with Gasteiger partial charge in [-0.1, -0.05) is 0 Å². The number of rotatable bonds is 3. The van der Waals surface area contributed by atoms with Gasteiger partial charge in [-0.15, -0.1) is 5.06 Å². The van der Waals surface area contributed by atoms with Crippen LogP contribution in [0.1, 0.15) is 40.5 Å². The maximum Gasteiger partial charge on any atom is 0.527 e. The van der Waals surface area contributed by atoms with Crippen LogP contribution in [0, 0.1) is 0 Å². The van der Waals surface area contributed by atoms with Crippen LogP contribution >= 0.6 is 0 Å². The first kappa shape index (κ1) is 17.5. The molecule has 0 unspecified atom stereocenters. The van der Waals surface area contributed by atoms with E-state index in [1.807, 2.05) is 0 Å². The quantitative estimate of drug-likeness (QED) is 0.589. The molecule has 0 amide bonds. The molecule has 1 fully saturated rings. The van der Waals surface area contributed by atoms with E-state index in [2.05, 4.69) is 52.1 Å². The Bertz CT molecular complexity index is 345. The fraction of sp³-hybridized carbons (Fsp3) is 0.929. The summed E-state index contributed by atoms with van der Waals surface area (Å²) in [6.07, 6.45) is 1.19. The average Bonchev–Trinajstić information content (AvgIpc) is 2.19. The maximum atomic E-state index is 11.5. The minimum Gasteiger partial charge on any atom is -0.436 e. The summed E-state index contributed by atoms with van der Waals surface area (Å²) >= 11 is 0. The van der Waals surface area contributed by atoms with Gasteiger partial charge in [0.2, 0.25) is 0 Å². The number of hydroxylamine groups is 2. The highest BCUT2D eigenvalue weighted by Crippen LogP contribution is 2.40. The van der Waals surface area contributed by atoms with E-state index in [-0.39, 0.29) is 17.2 Å². The predicted molar refractivity (Wildman–Crippen MR) is 80.9 cm³/mol. The van der Waals surface area contributed by atoms with Gasteiger partial charge < -0.3 is 14.0 Å². The molecule has 1 saturated heterocycles. The van der Waals surface area contributed by atoms with Crippen molar-refractivity contribution in [3.05, 3.63) is 0 Å². The van der Waals surface area contributed by atoms with Crippen LogP contribution in [0.15, 0.2) is 0 Å². The lowest BCUT2D eigenvalue weighted by molar-refractivity contribution is -0.261. The molecule has 0 aromatic carbocycles. The van der Waals surface area contributed by atoms with Crippen molar-refractivity contribution >= 4 is 14.5 Å². The Morgan fingerprint density at radius 2 is 1.55 bits per heavy atom. The molecule has 0 aromatic rings. The third-order valence-electron chi connectivity index (χ3n) is 3.41. The standard InChI is InChI=1S/C14H29NO4Si/c1-13(2)9-11(19-20(6,7)8)10-14(3,4)15(13)18-12(16)17-5/h11H,9-10H2,1-8H3. The Labute approximate surface area is 123 Å². The topological polar surface area (TPSA) is 48.0 Å². The summed E-state index contributed by atoms with van der Waals surface area (Å²) in [6.45, 7) is 14.9. The lowest BCUT2D eigenvalue weighted by Crippen LogP contribution is -2.63. The molecule has 0 saturated carbocycles. The first-order chi connectivity index (χ1) is 8.87. The second-order valence-electron chi connectivity index (χ2n) is 7.73. The second-order valence-corrected chi connectivity index (χ2v) is 12.2. The Hall–Kier alpha value is -0.593. The van der Waals surface area contributed by atoms with Crippen LogP contribution in [-0.4, -0.2) is 43.8 Å². The monoisotopic (exact) mass is 303 g/mol. The highest BCUT2D eigenvalue weighted by Gasteiger charge is 2.49. The number of carbonyl (C=O) groups excluding carboxylic acids is 1. The Kier molecular flexibility index (Phi) is 4.94. The zero-order valence-corrected chi connectivity index (χ0v) is 15.1. The molecule has 118 valence electrons. The number of nitrogens with zero attached hydrogens (tertiary/aromatic N) is 1. The summed E-state index contributed by atoms with van der Waals surface area (Å²) in [5.74, 6) is 0. The van der Waals surface area contributed by atoms with Crippen molar-refractivity contribution in [2.24, 2.45) is 0 Å². The van der Waals surface area contributed by atoms with E-state index >= 15 is 0 Å². The summed E-state index contributed by atoms with van der Waals surface area (Å²) in [6, 6.07) is 0. The SMILES string of the molecule is COC(=O)ON1C(C)(C)CC(O[Si](C)(C)C)CC1(C)C. The summed E-state index contributed by atoms with van der Waals surface area (Å²) in [4.78, 5) is 16.8. The van der Waals surface area contributed by atoms with Gasteiger partial charge in [0.05, 0.1) is 18.2 Å². The zero-order valence-electron chi connectivity index (χ0n) is 14.1. The normalized spacial score (nSPS) is 23.4. The molecule has 5 nitrogen and oxygen atoms in total. The molecular weight excluding hydrogens is 274 g/mol. The van der Waals surface area contributed by atoms with Gasteiger partial charge in [-0.3, -0.25) is 0 Å². The van der Waals surface area contributed by atoms with Crippen molar-refractivity contribution in [1.82, 2.24) is 5.06 Å². The van der Waals surface area contributed by atoms with E-state index in [0.29, 0.717) is 0 Å². The minimum atomic E-state index is -1.58. The Balaban J connectivity index is 2.89. The van der Waals surface area contributed by atoms with Crippen molar-refractivity contribution in [3.8, 4) is 0 Å². The van der Waals surface area contributed by atoms with E-state index in [1.165, 1.54) is 7.11 Å². The summed E-state index contributed by atoms with van der Waals surface area (Å²) < 4.78 is 10.9. The fourth-order valence-electron chi connectivity index (χ4n) is 3.11. The number of carbonyl (C=O) groups is 1. The molecule has 1 aliphatic heterocycles. The molecule has 1 rings (SSSR count). The third kappa shape index (κ3) is 4.46. The third-order valence-corrected chi connectivity index (χ3v) is 4.45. The van der Waals surface area contributed by atoms with Crippen molar-refractivity contribution in [3.63, 3.8) is 0 Å². The predicted octanol–water partition coefficient (Wildman–Crippen LogP) is 3.56. The first-order valence-electron chi connectivity index (χ1n) is 7.11. The number of methoxy groups -OCH3 is 1. The molecule has 0 spiro atoms. The molecule has 20 heavy (non-hydrogen) atoms. The molecular formula is C14H29NO4Si. The molecule has 0 radical (unpaired) electrons.